The van der Waals surface area contributed by atoms with Crippen molar-refractivity contribution in [1.82, 2.24) is 0 Å². The van der Waals surface area contributed by atoms with Crippen LogP contribution < -0.4 is 0 Å². The van der Waals surface area contributed by atoms with E-state index in [9.17, 15) is 5.11 Å². The lowest BCUT2D eigenvalue weighted by atomic mass is 10.0. The van der Waals surface area contributed by atoms with Crippen LogP contribution in [0.15, 0.2) is 46.3 Å². The van der Waals surface area contributed by atoms with Gasteiger partial charge in [0.2, 0.25) is 0 Å². The minimum absolute atomic E-state index is 0.249. The summed E-state index contributed by atoms with van der Waals surface area (Å²) in [5, 5.41) is 12.0. The molecule has 1 nitrogen and oxygen atoms in total. The normalized spacial score (nSPS) is 12.6. The van der Waals surface area contributed by atoms with Crippen molar-refractivity contribution in [2.75, 3.05) is 0 Å². The average molecular weight is 311 g/mol. The Bertz CT molecular complexity index is 452. The zero-order chi connectivity index (χ0) is 12.1. The molecule has 1 heterocycles. The van der Waals surface area contributed by atoms with E-state index in [1.54, 1.807) is 11.3 Å². The predicted molar refractivity (Wildman–Crippen MR) is 76.5 cm³/mol. The van der Waals surface area contributed by atoms with Gasteiger partial charge in [0.05, 0.1) is 6.10 Å². The predicted octanol–water partition coefficient (Wildman–Crippen LogP) is 4.05. The summed E-state index contributed by atoms with van der Waals surface area (Å²) in [4.78, 5) is 1.23. The smallest absolute Gasteiger partial charge is 0.0591 e. The summed E-state index contributed by atoms with van der Waals surface area (Å²) in [6.07, 6.45) is 2.26. The van der Waals surface area contributed by atoms with E-state index in [1.165, 1.54) is 10.4 Å². The molecule has 0 aliphatic rings. The summed E-state index contributed by atoms with van der Waals surface area (Å²) in [6, 6.07) is 12.4. The Morgan fingerprint density at radius 1 is 1.24 bits per heavy atom. The number of hydrogen-bond donors (Lipinski definition) is 1. The van der Waals surface area contributed by atoms with Gasteiger partial charge < -0.3 is 5.11 Å². The van der Waals surface area contributed by atoms with Crippen LogP contribution in [0.3, 0.4) is 0 Å². The highest BCUT2D eigenvalue weighted by molar-refractivity contribution is 9.10. The van der Waals surface area contributed by atoms with Gasteiger partial charge in [0.1, 0.15) is 0 Å². The average Bonchev–Trinajstić information content (AvgIpc) is 2.73. The number of aryl methyl sites for hydroxylation is 1. The van der Waals surface area contributed by atoms with Crippen molar-refractivity contribution in [3.05, 3.63) is 56.7 Å². The Morgan fingerprint density at radius 3 is 2.65 bits per heavy atom. The molecule has 0 fully saturated rings. The number of thiophene rings is 1. The monoisotopic (exact) mass is 310 g/mol. The molecule has 1 atom stereocenters. The van der Waals surface area contributed by atoms with E-state index < -0.39 is 0 Å². The van der Waals surface area contributed by atoms with Gasteiger partial charge in [-0.3, -0.25) is 0 Å². The third-order valence-corrected chi connectivity index (χ3v) is 4.39. The molecule has 0 aliphatic heterocycles. The number of aliphatic hydroxyl groups excluding tert-OH is 1. The minimum Gasteiger partial charge on any atom is -0.393 e. The van der Waals surface area contributed by atoms with E-state index in [0.717, 1.165) is 23.7 Å². The first kappa shape index (κ1) is 12.8. The fourth-order valence-electron chi connectivity index (χ4n) is 1.77. The lowest BCUT2D eigenvalue weighted by Gasteiger charge is -2.09. The van der Waals surface area contributed by atoms with E-state index in [0.29, 0.717) is 0 Å². The molecular weight excluding hydrogens is 296 g/mol. The molecule has 1 aromatic heterocycles. The summed E-state index contributed by atoms with van der Waals surface area (Å²) in [5.41, 5.74) is 1.29. The van der Waals surface area contributed by atoms with Gasteiger partial charge in [0.15, 0.2) is 0 Å². The zero-order valence-corrected chi connectivity index (χ0v) is 11.9. The van der Waals surface area contributed by atoms with Crippen LogP contribution in [0, 0.1) is 0 Å². The van der Waals surface area contributed by atoms with Crippen LogP contribution in [-0.4, -0.2) is 11.2 Å². The molecule has 3 heteroatoms. The van der Waals surface area contributed by atoms with Crippen LogP contribution in [-0.2, 0) is 12.8 Å². The molecule has 0 saturated heterocycles. The molecule has 0 bridgehead atoms. The first-order valence-corrected chi connectivity index (χ1v) is 7.36. The fourth-order valence-corrected chi connectivity index (χ4v) is 3.30. The van der Waals surface area contributed by atoms with Gasteiger partial charge in [-0.2, -0.15) is 0 Å². The molecule has 0 radical (unpaired) electrons. The highest BCUT2D eigenvalue weighted by Crippen LogP contribution is 2.21. The lowest BCUT2D eigenvalue weighted by molar-refractivity contribution is 0.166. The van der Waals surface area contributed by atoms with E-state index in [4.69, 9.17) is 0 Å². The molecule has 0 amide bonds. The van der Waals surface area contributed by atoms with Crippen molar-refractivity contribution in [2.45, 2.75) is 25.4 Å². The molecule has 1 aromatic carbocycles. The van der Waals surface area contributed by atoms with Crippen molar-refractivity contribution in [1.29, 1.82) is 0 Å². The highest BCUT2D eigenvalue weighted by atomic mass is 79.9. The van der Waals surface area contributed by atoms with Gasteiger partial charge in [-0.25, -0.2) is 0 Å². The first-order valence-electron chi connectivity index (χ1n) is 5.69. The fraction of sp³-hybridized carbons (Fsp3) is 0.286. The largest absolute Gasteiger partial charge is 0.393 e. The molecule has 2 rings (SSSR count). The Hall–Kier alpha value is -0.640. The van der Waals surface area contributed by atoms with Crippen LogP contribution in [0.2, 0.25) is 0 Å². The maximum Gasteiger partial charge on any atom is 0.0591 e. The van der Waals surface area contributed by atoms with Crippen molar-refractivity contribution >= 4 is 27.3 Å². The highest BCUT2D eigenvalue weighted by Gasteiger charge is 2.07. The molecule has 0 aliphatic carbocycles. The molecule has 0 saturated carbocycles. The first-order chi connectivity index (χ1) is 8.24. The Labute approximate surface area is 114 Å². The van der Waals surface area contributed by atoms with Gasteiger partial charge in [-0.05, 0) is 40.4 Å². The summed E-state index contributed by atoms with van der Waals surface area (Å²) < 4.78 is 1.10. The molecular formula is C14H15BrOS. The molecule has 0 spiro atoms. The molecule has 90 valence electrons. The van der Waals surface area contributed by atoms with Gasteiger partial charge in [-0.1, -0.05) is 30.3 Å². The number of rotatable bonds is 5. The second kappa shape index (κ2) is 6.34. The van der Waals surface area contributed by atoms with E-state index >= 15 is 0 Å². The maximum absolute atomic E-state index is 9.96. The van der Waals surface area contributed by atoms with E-state index in [2.05, 4.69) is 39.5 Å². The second-order valence-electron chi connectivity index (χ2n) is 4.11. The Morgan fingerprint density at radius 2 is 2.00 bits per heavy atom. The number of halogens is 1. The van der Waals surface area contributed by atoms with Gasteiger partial charge in [0, 0.05) is 21.2 Å². The van der Waals surface area contributed by atoms with Crippen molar-refractivity contribution in [3.8, 4) is 0 Å². The van der Waals surface area contributed by atoms with Crippen LogP contribution in [0.4, 0.5) is 0 Å². The minimum atomic E-state index is -0.249. The summed E-state index contributed by atoms with van der Waals surface area (Å²) in [6.45, 7) is 0. The zero-order valence-electron chi connectivity index (χ0n) is 9.47. The Balaban J connectivity index is 1.80. The SMILES string of the molecule is OC(CCc1ccccc1)Cc1cc(Br)cs1. The van der Waals surface area contributed by atoms with Crippen LogP contribution in [0.5, 0.6) is 0 Å². The molecule has 2 aromatic rings. The van der Waals surface area contributed by atoms with E-state index in [-0.39, 0.29) is 6.10 Å². The quantitative estimate of drug-likeness (QED) is 0.883. The summed E-state index contributed by atoms with van der Waals surface area (Å²) in [7, 11) is 0. The van der Waals surface area contributed by atoms with Gasteiger partial charge in [0.25, 0.3) is 0 Å². The summed E-state index contributed by atoms with van der Waals surface area (Å²) >= 11 is 5.12. The third kappa shape index (κ3) is 4.26. The third-order valence-electron chi connectivity index (χ3n) is 2.67. The Kier molecular flexibility index (Phi) is 4.77. The number of aliphatic hydroxyl groups is 1. The molecule has 1 N–H and O–H groups in total. The summed E-state index contributed by atoms with van der Waals surface area (Å²) in [5.74, 6) is 0. The van der Waals surface area contributed by atoms with Gasteiger partial charge in [-0.15, -0.1) is 11.3 Å². The van der Waals surface area contributed by atoms with Crippen LogP contribution in [0.1, 0.15) is 16.9 Å². The standard InChI is InChI=1S/C14H15BrOS/c15-12-8-14(17-10-12)9-13(16)7-6-11-4-2-1-3-5-11/h1-5,8,10,13,16H,6-7,9H2. The topological polar surface area (TPSA) is 20.2 Å². The van der Waals surface area contributed by atoms with Crippen LogP contribution in [0.25, 0.3) is 0 Å². The second-order valence-corrected chi connectivity index (χ2v) is 6.02. The molecule has 17 heavy (non-hydrogen) atoms. The maximum atomic E-state index is 9.96. The van der Waals surface area contributed by atoms with Crippen LogP contribution >= 0.6 is 27.3 Å². The van der Waals surface area contributed by atoms with Crippen molar-refractivity contribution < 1.29 is 5.11 Å². The van der Waals surface area contributed by atoms with Gasteiger partial charge >= 0.3 is 0 Å². The van der Waals surface area contributed by atoms with Crippen molar-refractivity contribution in [3.63, 3.8) is 0 Å². The van der Waals surface area contributed by atoms with Crippen molar-refractivity contribution in [2.24, 2.45) is 0 Å². The molecule has 1 unspecified atom stereocenters. The number of benzene rings is 1. The van der Waals surface area contributed by atoms with E-state index in [1.807, 2.05) is 18.2 Å². The number of hydrogen-bond acceptors (Lipinski definition) is 2. The lowest BCUT2D eigenvalue weighted by Crippen LogP contribution is -2.10.